The van der Waals surface area contributed by atoms with Crippen LogP contribution in [0.25, 0.3) is 0 Å². The van der Waals surface area contributed by atoms with Crippen LogP contribution in [0.4, 0.5) is 0 Å². The molecule has 0 spiro atoms. The van der Waals surface area contributed by atoms with Crippen molar-refractivity contribution in [1.29, 1.82) is 0 Å². The molecular formula is C11H15BrN6S. The Balaban J connectivity index is 1.91. The van der Waals surface area contributed by atoms with Crippen molar-refractivity contribution in [3.63, 3.8) is 0 Å². The number of hydrazine groups is 1. The van der Waals surface area contributed by atoms with Crippen LogP contribution >= 0.6 is 27.7 Å². The van der Waals surface area contributed by atoms with Gasteiger partial charge >= 0.3 is 0 Å². The van der Waals surface area contributed by atoms with Crippen molar-refractivity contribution in [3.8, 4) is 0 Å². The number of rotatable bonds is 6. The van der Waals surface area contributed by atoms with Gasteiger partial charge in [0.1, 0.15) is 0 Å². The molecule has 0 aliphatic carbocycles. The number of aromatic nitrogens is 4. The average molecular weight is 343 g/mol. The lowest BCUT2D eigenvalue weighted by Crippen LogP contribution is -2.39. The molecule has 0 aliphatic heterocycles. The Kier molecular flexibility index (Phi) is 5.32. The topological polar surface area (TPSA) is 81.7 Å². The number of nitrogens with zero attached hydrogens (tertiary/aromatic N) is 4. The molecule has 0 radical (unpaired) electrons. The second-order valence-electron chi connectivity index (χ2n) is 4.00. The largest absolute Gasteiger partial charge is 0.271 e. The van der Waals surface area contributed by atoms with Gasteiger partial charge in [-0.05, 0) is 33.3 Å². The average Bonchev–Trinajstić information content (AvgIpc) is 2.81. The van der Waals surface area contributed by atoms with Crippen molar-refractivity contribution in [2.45, 2.75) is 17.4 Å². The Bertz CT molecular complexity index is 531. The second kappa shape index (κ2) is 6.99. The maximum atomic E-state index is 5.57. The maximum Gasteiger partial charge on any atom is 0.176 e. The third kappa shape index (κ3) is 4.27. The lowest BCUT2D eigenvalue weighted by molar-refractivity contribution is 0.558. The Hall–Kier alpha value is -0.960. The molecule has 8 heteroatoms. The number of halogens is 1. The summed E-state index contributed by atoms with van der Waals surface area (Å²) in [6.07, 6.45) is 0.655. The molecule has 1 unspecified atom stereocenters. The van der Waals surface area contributed by atoms with E-state index in [-0.39, 0.29) is 6.04 Å². The predicted octanol–water partition coefficient (Wildman–Crippen LogP) is 1.14. The smallest absolute Gasteiger partial charge is 0.176 e. The maximum absolute atomic E-state index is 5.57. The SMILES string of the molecule is Cn1nnc(CC(CSc2ccccc2Br)NN)n1. The molecule has 6 nitrogen and oxygen atoms in total. The number of nitrogens with two attached hydrogens (primary N) is 1. The molecule has 2 aromatic rings. The molecule has 19 heavy (non-hydrogen) atoms. The minimum atomic E-state index is 0.0984. The summed E-state index contributed by atoms with van der Waals surface area (Å²) in [5.74, 6) is 7.10. The van der Waals surface area contributed by atoms with Gasteiger partial charge in [0, 0.05) is 27.6 Å². The summed E-state index contributed by atoms with van der Waals surface area (Å²) in [7, 11) is 1.75. The molecule has 3 N–H and O–H groups in total. The zero-order valence-corrected chi connectivity index (χ0v) is 12.9. The fourth-order valence-electron chi connectivity index (χ4n) is 1.54. The Morgan fingerprint density at radius 1 is 1.47 bits per heavy atom. The number of tetrazole rings is 1. The molecule has 1 aromatic carbocycles. The summed E-state index contributed by atoms with van der Waals surface area (Å²) in [4.78, 5) is 2.64. The van der Waals surface area contributed by atoms with Gasteiger partial charge in [-0.3, -0.25) is 11.3 Å². The number of benzene rings is 1. The lowest BCUT2D eigenvalue weighted by Gasteiger charge is -2.13. The van der Waals surface area contributed by atoms with Crippen LogP contribution in [0.2, 0.25) is 0 Å². The van der Waals surface area contributed by atoms with Gasteiger partial charge in [0.2, 0.25) is 0 Å². The Labute approximate surface area is 124 Å². The van der Waals surface area contributed by atoms with Crippen molar-refractivity contribution in [3.05, 3.63) is 34.6 Å². The third-order valence-electron chi connectivity index (χ3n) is 2.49. The van der Waals surface area contributed by atoms with Crippen molar-refractivity contribution < 1.29 is 0 Å². The zero-order valence-electron chi connectivity index (χ0n) is 10.5. The van der Waals surface area contributed by atoms with E-state index < -0.39 is 0 Å². The highest BCUT2D eigenvalue weighted by Crippen LogP contribution is 2.27. The van der Waals surface area contributed by atoms with Gasteiger partial charge in [-0.2, -0.15) is 4.80 Å². The normalized spacial score (nSPS) is 12.6. The van der Waals surface area contributed by atoms with Gasteiger partial charge in [0.05, 0.1) is 7.05 Å². The van der Waals surface area contributed by atoms with E-state index in [0.717, 1.165) is 10.2 Å². The first-order valence-corrected chi connectivity index (χ1v) is 7.53. The van der Waals surface area contributed by atoms with Crippen LogP contribution in [-0.4, -0.2) is 32.0 Å². The Morgan fingerprint density at radius 2 is 2.26 bits per heavy atom. The van der Waals surface area contributed by atoms with E-state index in [2.05, 4.69) is 42.8 Å². The van der Waals surface area contributed by atoms with Crippen LogP contribution in [0.5, 0.6) is 0 Å². The first kappa shape index (κ1) is 14.4. The van der Waals surface area contributed by atoms with E-state index >= 15 is 0 Å². The third-order valence-corrected chi connectivity index (χ3v) is 4.68. The van der Waals surface area contributed by atoms with Crippen LogP contribution in [0, 0.1) is 0 Å². The molecule has 0 saturated carbocycles. The molecule has 2 rings (SSSR count). The standard InChI is InChI=1S/C11H15BrN6S/c1-18-16-11(15-17-18)6-8(14-13)7-19-10-5-3-2-4-9(10)12/h2-5,8,14H,6-7,13H2,1H3. The van der Waals surface area contributed by atoms with Crippen LogP contribution < -0.4 is 11.3 Å². The molecule has 0 fully saturated rings. The molecular weight excluding hydrogens is 328 g/mol. The van der Waals surface area contributed by atoms with Crippen molar-refractivity contribution >= 4 is 27.7 Å². The first-order chi connectivity index (χ1) is 9.19. The minimum Gasteiger partial charge on any atom is -0.271 e. The minimum absolute atomic E-state index is 0.0984. The highest BCUT2D eigenvalue weighted by Gasteiger charge is 2.12. The number of thioether (sulfide) groups is 1. The van der Waals surface area contributed by atoms with E-state index in [4.69, 9.17) is 5.84 Å². The van der Waals surface area contributed by atoms with E-state index in [1.165, 1.54) is 9.69 Å². The molecule has 1 aromatic heterocycles. The van der Waals surface area contributed by atoms with Gasteiger partial charge in [-0.25, -0.2) is 0 Å². The molecule has 1 atom stereocenters. The number of hydrogen-bond donors (Lipinski definition) is 2. The second-order valence-corrected chi connectivity index (χ2v) is 5.92. The quantitative estimate of drug-likeness (QED) is 0.465. The zero-order chi connectivity index (χ0) is 13.7. The molecule has 0 amide bonds. The lowest BCUT2D eigenvalue weighted by atomic mass is 10.2. The highest BCUT2D eigenvalue weighted by atomic mass is 79.9. The summed E-state index contributed by atoms with van der Waals surface area (Å²) in [5, 5.41) is 11.9. The molecule has 1 heterocycles. The van der Waals surface area contributed by atoms with Crippen LogP contribution in [-0.2, 0) is 13.5 Å². The van der Waals surface area contributed by atoms with Crippen LogP contribution in [0.3, 0.4) is 0 Å². The molecule has 0 bridgehead atoms. The fourth-order valence-corrected chi connectivity index (χ4v) is 3.15. The van der Waals surface area contributed by atoms with E-state index in [1.54, 1.807) is 18.8 Å². The van der Waals surface area contributed by atoms with E-state index in [9.17, 15) is 0 Å². The van der Waals surface area contributed by atoms with Crippen molar-refractivity contribution in [1.82, 2.24) is 25.6 Å². The van der Waals surface area contributed by atoms with Gasteiger partial charge in [-0.1, -0.05) is 12.1 Å². The van der Waals surface area contributed by atoms with E-state index in [1.807, 2.05) is 18.2 Å². The summed E-state index contributed by atoms with van der Waals surface area (Å²) < 4.78 is 1.09. The van der Waals surface area contributed by atoms with Gasteiger partial charge in [0.25, 0.3) is 0 Å². The number of nitrogens with one attached hydrogen (secondary N) is 1. The molecule has 102 valence electrons. The summed E-state index contributed by atoms with van der Waals surface area (Å²) in [6.45, 7) is 0. The van der Waals surface area contributed by atoms with Gasteiger partial charge < -0.3 is 0 Å². The van der Waals surface area contributed by atoms with Crippen molar-refractivity contribution in [2.75, 3.05) is 5.75 Å². The van der Waals surface area contributed by atoms with Crippen LogP contribution in [0.1, 0.15) is 5.82 Å². The first-order valence-electron chi connectivity index (χ1n) is 5.75. The monoisotopic (exact) mass is 342 g/mol. The fraction of sp³-hybridized carbons (Fsp3) is 0.364. The number of aryl methyl sites for hydroxylation is 1. The molecule has 0 saturated heterocycles. The molecule has 0 aliphatic rings. The van der Waals surface area contributed by atoms with Crippen molar-refractivity contribution in [2.24, 2.45) is 12.9 Å². The Morgan fingerprint density at radius 3 is 2.89 bits per heavy atom. The van der Waals surface area contributed by atoms with Crippen LogP contribution in [0.15, 0.2) is 33.6 Å². The van der Waals surface area contributed by atoms with Gasteiger partial charge in [-0.15, -0.1) is 22.0 Å². The summed E-state index contributed by atoms with van der Waals surface area (Å²) in [5.41, 5.74) is 2.80. The summed E-state index contributed by atoms with van der Waals surface area (Å²) >= 11 is 5.26. The predicted molar refractivity (Wildman–Crippen MR) is 78.5 cm³/mol. The number of hydrogen-bond acceptors (Lipinski definition) is 6. The highest BCUT2D eigenvalue weighted by molar-refractivity contribution is 9.10. The van der Waals surface area contributed by atoms with Gasteiger partial charge in [0.15, 0.2) is 5.82 Å². The summed E-state index contributed by atoms with van der Waals surface area (Å²) in [6, 6.07) is 8.21. The van der Waals surface area contributed by atoms with E-state index in [0.29, 0.717) is 12.2 Å².